The third-order valence-corrected chi connectivity index (χ3v) is 9.15. The van der Waals surface area contributed by atoms with E-state index in [9.17, 15) is 0 Å². The van der Waals surface area contributed by atoms with Gasteiger partial charge in [-0.2, -0.15) is 0 Å². The Morgan fingerprint density at radius 1 is 0.315 bits per heavy atom. The van der Waals surface area contributed by atoms with E-state index < -0.39 is 0 Å². The second kappa shape index (κ2) is 23.5. The smallest absolute Gasteiger partial charge is 0.0404 e. The lowest BCUT2D eigenvalue weighted by molar-refractivity contribution is 1.09. The number of pyridine rings is 6. The van der Waals surface area contributed by atoms with Crippen LogP contribution in [0.1, 0.15) is 101 Å². The van der Waals surface area contributed by atoms with Gasteiger partial charge in [-0.15, -0.1) is 0 Å². The van der Waals surface area contributed by atoms with Crippen molar-refractivity contribution in [3.63, 3.8) is 0 Å². The fourth-order valence-corrected chi connectivity index (χ4v) is 4.88. The molecule has 0 aromatic carbocycles. The zero-order valence-corrected chi connectivity index (χ0v) is 36.6. The van der Waals surface area contributed by atoms with Gasteiger partial charge in [-0.25, -0.2) is 0 Å². The molecule has 0 aliphatic rings. The molecule has 0 saturated heterocycles. The first-order valence-electron chi connectivity index (χ1n) is 18.6. The van der Waals surface area contributed by atoms with Crippen molar-refractivity contribution in [3.8, 4) is 0 Å². The van der Waals surface area contributed by atoms with Gasteiger partial charge in [0.15, 0.2) is 0 Å². The van der Waals surface area contributed by atoms with Gasteiger partial charge in [0.1, 0.15) is 0 Å². The molecule has 0 aliphatic carbocycles. The zero-order valence-electron chi connectivity index (χ0n) is 36.6. The van der Waals surface area contributed by atoms with Crippen molar-refractivity contribution < 1.29 is 0 Å². The Morgan fingerprint density at radius 3 is 1.31 bits per heavy atom. The van der Waals surface area contributed by atoms with Crippen molar-refractivity contribution in [1.82, 2.24) is 29.9 Å². The Balaban J connectivity index is 0.000000324. The summed E-state index contributed by atoms with van der Waals surface area (Å²) >= 11 is 0. The van der Waals surface area contributed by atoms with Crippen molar-refractivity contribution in [1.29, 1.82) is 0 Å². The van der Waals surface area contributed by atoms with Crippen molar-refractivity contribution in [2.24, 2.45) is 0 Å². The van der Waals surface area contributed by atoms with Crippen LogP contribution in [-0.2, 0) is 0 Å². The minimum absolute atomic E-state index is 1.10. The van der Waals surface area contributed by atoms with E-state index in [4.69, 9.17) is 0 Å². The molecular formula is C48H66N6. The molecule has 0 unspecified atom stereocenters. The van der Waals surface area contributed by atoms with Gasteiger partial charge in [0.2, 0.25) is 0 Å². The molecule has 0 N–H and O–H groups in total. The maximum absolute atomic E-state index is 4.27. The third-order valence-electron chi connectivity index (χ3n) is 9.15. The van der Waals surface area contributed by atoms with Crippen LogP contribution in [0.5, 0.6) is 0 Å². The molecule has 6 nitrogen and oxygen atoms in total. The monoisotopic (exact) mass is 727 g/mol. The van der Waals surface area contributed by atoms with Crippen LogP contribution in [0.2, 0.25) is 0 Å². The molecule has 6 rings (SSSR count). The molecule has 6 aromatic rings. The van der Waals surface area contributed by atoms with E-state index in [0.29, 0.717) is 0 Å². The normalized spacial score (nSPS) is 9.67. The summed E-state index contributed by atoms with van der Waals surface area (Å²) in [4.78, 5) is 25.0. The predicted molar refractivity (Wildman–Crippen MR) is 231 cm³/mol. The highest BCUT2D eigenvalue weighted by Crippen LogP contribution is 2.09. The molecule has 0 spiro atoms. The van der Waals surface area contributed by atoms with E-state index in [2.05, 4.69) is 136 Å². The first-order chi connectivity index (χ1) is 25.2. The minimum Gasteiger partial charge on any atom is -0.264 e. The van der Waals surface area contributed by atoms with Crippen molar-refractivity contribution in [2.75, 3.05) is 0 Å². The molecule has 0 radical (unpaired) electrons. The Morgan fingerprint density at radius 2 is 0.907 bits per heavy atom. The lowest BCUT2D eigenvalue weighted by Gasteiger charge is -1.99. The summed E-state index contributed by atoms with van der Waals surface area (Å²) in [5.74, 6) is 0. The van der Waals surface area contributed by atoms with Crippen molar-refractivity contribution in [3.05, 3.63) is 175 Å². The lowest BCUT2D eigenvalue weighted by Crippen LogP contribution is -1.87. The molecule has 0 fully saturated rings. The SMILES string of the molecule is Cc1cc(C)c(C)cn1.Cc1cc(C)nc(C)c1.Cc1ccc(C)c(C)n1.Cc1ccnc(C)c1C.Cc1cnc(C)c(C)c1.Cc1cncc(C)c1C. The second-order valence-electron chi connectivity index (χ2n) is 14.3. The molecule has 6 aromatic heterocycles. The Labute approximate surface area is 328 Å². The summed E-state index contributed by atoms with van der Waals surface area (Å²) < 4.78 is 0. The quantitative estimate of drug-likeness (QED) is 0.155. The summed E-state index contributed by atoms with van der Waals surface area (Å²) in [6.45, 7) is 37.1. The van der Waals surface area contributed by atoms with Crippen LogP contribution >= 0.6 is 0 Å². The van der Waals surface area contributed by atoms with E-state index in [-0.39, 0.29) is 0 Å². The number of nitrogens with zero attached hydrogens (tertiary/aromatic N) is 6. The van der Waals surface area contributed by atoms with E-state index in [0.717, 1.165) is 39.9 Å². The van der Waals surface area contributed by atoms with Crippen LogP contribution in [-0.4, -0.2) is 29.9 Å². The molecule has 0 amide bonds. The van der Waals surface area contributed by atoms with Gasteiger partial charge >= 0.3 is 0 Å². The highest BCUT2D eigenvalue weighted by Gasteiger charge is 1.95. The molecule has 0 bridgehead atoms. The van der Waals surface area contributed by atoms with E-state index in [1.54, 1.807) is 0 Å². The summed E-state index contributed by atoms with van der Waals surface area (Å²) in [6.07, 6.45) is 9.43. The Bertz CT molecular complexity index is 1800. The highest BCUT2D eigenvalue weighted by molar-refractivity contribution is 5.28. The molecule has 54 heavy (non-hydrogen) atoms. The van der Waals surface area contributed by atoms with Gasteiger partial charge in [-0.3, -0.25) is 29.9 Å². The summed E-state index contributed by atoms with van der Waals surface area (Å²) in [5, 5.41) is 0. The molecule has 6 heterocycles. The average molecular weight is 727 g/mol. The first-order valence-corrected chi connectivity index (χ1v) is 18.6. The molecule has 288 valence electrons. The maximum Gasteiger partial charge on any atom is 0.0404 e. The molecular weight excluding hydrogens is 661 g/mol. The highest BCUT2D eigenvalue weighted by atomic mass is 14.7. The van der Waals surface area contributed by atoms with Gasteiger partial charge in [0, 0.05) is 70.8 Å². The lowest BCUT2D eigenvalue weighted by atomic mass is 10.1. The maximum atomic E-state index is 4.27. The number of aryl methyl sites for hydroxylation is 16. The van der Waals surface area contributed by atoms with Crippen LogP contribution < -0.4 is 0 Å². The topological polar surface area (TPSA) is 77.3 Å². The van der Waals surface area contributed by atoms with Crippen molar-refractivity contribution >= 4 is 0 Å². The number of rotatable bonds is 0. The average Bonchev–Trinajstić information content (AvgIpc) is 3.09. The molecule has 0 atom stereocenters. The number of hydrogen-bond donors (Lipinski definition) is 0. The number of hydrogen-bond acceptors (Lipinski definition) is 6. The van der Waals surface area contributed by atoms with Crippen LogP contribution in [0.3, 0.4) is 0 Å². The zero-order chi connectivity index (χ0) is 41.1. The first kappa shape index (κ1) is 46.9. The standard InChI is InChI=1S/6C8H11N/c1-6-4-9-5-7(2)8(6)3;1-6-4-8(3)9-5-7(6)2;1-6-4-7(2)8(3)9-5-6;1-6-4-7(2)9-8(3)5-6;1-6-4-5-9-8(3)7(6)2;1-6-4-5-7(2)9-8(6)3/h6*4-5H,1-3H3. The van der Waals surface area contributed by atoms with Crippen LogP contribution in [0, 0.1) is 125 Å². The van der Waals surface area contributed by atoms with Crippen LogP contribution in [0.25, 0.3) is 0 Å². The van der Waals surface area contributed by atoms with Gasteiger partial charge < -0.3 is 0 Å². The van der Waals surface area contributed by atoms with E-state index in [1.807, 2.05) is 91.6 Å². The van der Waals surface area contributed by atoms with Gasteiger partial charge in [-0.1, -0.05) is 12.1 Å². The minimum atomic E-state index is 1.10. The Hall–Kier alpha value is -5.10. The molecule has 0 saturated carbocycles. The Kier molecular flexibility index (Phi) is 20.5. The van der Waals surface area contributed by atoms with Crippen molar-refractivity contribution in [2.45, 2.75) is 125 Å². The largest absolute Gasteiger partial charge is 0.264 e. The van der Waals surface area contributed by atoms with Gasteiger partial charge in [-0.05, 0) is 216 Å². The van der Waals surface area contributed by atoms with E-state index in [1.165, 1.54) is 61.2 Å². The summed E-state index contributed by atoms with van der Waals surface area (Å²) in [6, 6.07) is 14.5. The summed E-state index contributed by atoms with van der Waals surface area (Å²) in [5.41, 5.74) is 22.0. The molecule has 0 aliphatic heterocycles. The van der Waals surface area contributed by atoms with Gasteiger partial charge in [0.05, 0.1) is 0 Å². The fourth-order valence-electron chi connectivity index (χ4n) is 4.88. The fraction of sp³-hybridized carbons (Fsp3) is 0.375. The van der Waals surface area contributed by atoms with E-state index >= 15 is 0 Å². The summed E-state index contributed by atoms with van der Waals surface area (Å²) in [7, 11) is 0. The number of aromatic nitrogens is 6. The van der Waals surface area contributed by atoms with Gasteiger partial charge in [0.25, 0.3) is 0 Å². The third kappa shape index (κ3) is 18.1. The second-order valence-corrected chi connectivity index (χ2v) is 14.3. The van der Waals surface area contributed by atoms with Crippen LogP contribution in [0.15, 0.2) is 73.4 Å². The van der Waals surface area contributed by atoms with Crippen LogP contribution in [0.4, 0.5) is 0 Å². The molecule has 6 heteroatoms. The predicted octanol–water partition coefficient (Wildman–Crippen LogP) is 12.0.